The first-order valence-corrected chi connectivity index (χ1v) is 9.73. The van der Waals surface area contributed by atoms with Crippen LogP contribution in [0.2, 0.25) is 0 Å². The highest BCUT2D eigenvalue weighted by molar-refractivity contribution is 5.83. The van der Waals surface area contributed by atoms with E-state index in [1.807, 2.05) is 55.6 Å². The molecular formula is C24H23FN2O2. The number of nitrogens with one attached hydrogen (secondary N) is 2. The van der Waals surface area contributed by atoms with Gasteiger partial charge in [-0.25, -0.2) is 4.39 Å². The van der Waals surface area contributed by atoms with Crippen molar-refractivity contribution in [2.45, 2.75) is 25.7 Å². The number of carbonyl (C=O) groups excluding carboxylic acids is 1. The number of H-pyrrole nitrogens is 1. The minimum absolute atomic E-state index is 0.0427. The lowest BCUT2D eigenvalue weighted by Gasteiger charge is -2.15. The van der Waals surface area contributed by atoms with E-state index in [1.54, 1.807) is 6.07 Å². The Hall–Kier alpha value is -3.34. The Morgan fingerprint density at radius 3 is 2.72 bits per heavy atom. The average molecular weight is 390 g/mol. The topological polar surface area (TPSA) is 58.0 Å². The van der Waals surface area contributed by atoms with Crippen LogP contribution in [0, 0.1) is 12.7 Å². The molecule has 1 unspecified atom stereocenters. The number of hydrogen-bond donors (Lipinski definition) is 2. The molecule has 0 bridgehead atoms. The summed E-state index contributed by atoms with van der Waals surface area (Å²) in [5.74, 6) is 1.18. The summed E-state index contributed by atoms with van der Waals surface area (Å²) in [5.41, 5.74) is 2.93. The smallest absolute Gasteiger partial charge is 0.221 e. The summed E-state index contributed by atoms with van der Waals surface area (Å²) in [6.07, 6.45) is 2.80. The normalized spacial score (nSPS) is 12.2. The van der Waals surface area contributed by atoms with Gasteiger partial charge in [0.25, 0.3) is 0 Å². The number of fused-ring (bicyclic) bond motifs is 1. The summed E-state index contributed by atoms with van der Waals surface area (Å²) in [5, 5.41) is 3.84. The van der Waals surface area contributed by atoms with Crippen LogP contribution in [0.15, 0.2) is 71.3 Å². The molecule has 4 aromatic rings. The largest absolute Gasteiger partial charge is 0.466 e. The van der Waals surface area contributed by atoms with Crippen LogP contribution in [0.25, 0.3) is 10.9 Å². The van der Waals surface area contributed by atoms with Crippen LogP contribution in [0.3, 0.4) is 0 Å². The van der Waals surface area contributed by atoms with Gasteiger partial charge in [-0.1, -0.05) is 30.3 Å². The second-order valence-corrected chi connectivity index (χ2v) is 7.22. The molecule has 29 heavy (non-hydrogen) atoms. The molecule has 0 saturated heterocycles. The van der Waals surface area contributed by atoms with Gasteiger partial charge in [-0.15, -0.1) is 0 Å². The number of aromatic amines is 1. The van der Waals surface area contributed by atoms with Crippen molar-refractivity contribution < 1.29 is 13.6 Å². The van der Waals surface area contributed by atoms with E-state index < -0.39 is 0 Å². The van der Waals surface area contributed by atoms with E-state index in [4.69, 9.17) is 4.42 Å². The molecule has 1 amide bonds. The molecule has 148 valence electrons. The van der Waals surface area contributed by atoms with Crippen molar-refractivity contribution in [1.82, 2.24) is 10.3 Å². The standard InChI is InChI=1S/C24H23FN2O2/c1-16-7-10-23(29-16)21(17-5-3-2-4-6-17)14-24(28)26-12-11-18-15-27-22-9-8-19(25)13-20(18)22/h2-10,13,15,21,27H,11-12,14H2,1H3,(H,26,28). The molecule has 0 aliphatic carbocycles. The summed E-state index contributed by atoms with van der Waals surface area (Å²) in [6, 6.07) is 18.4. The number of carbonyl (C=O) groups is 1. The van der Waals surface area contributed by atoms with Gasteiger partial charge in [-0.3, -0.25) is 4.79 Å². The third kappa shape index (κ3) is 4.40. The molecule has 2 aromatic heterocycles. The van der Waals surface area contributed by atoms with E-state index in [9.17, 15) is 9.18 Å². The highest BCUT2D eigenvalue weighted by Gasteiger charge is 2.21. The van der Waals surface area contributed by atoms with Gasteiger partial charge >= 0.3 is 0 Å². The Balaban J connectivity index is 1.41. The second kappa shape index (κ2) is 8.35. The van der Waals surface area contributed by atoms with Crippen molar-refractivity contribution in [2.24, 2.45) is 0 Å². The molecule has 0 aliphatic rings. The number of rotatable bonds is 7. The Bertz CT molecular complexity index is 1110. The molecule has 2 aromatic carbocycles. The Labute approximate surface area is 168 Å². The molecule has 4 rings (SSSR count). The number of hydrogen-bond acceptors (Lipinski definition) is 2. The minimum Gasteiger partial charge on any atom is -0.466 e. The minimum atomic E-state index is -0.262. The first-order valence-electron chi connectivity index (χ1n) is 9.73. The van der Waals surface area contributed by atoms with Crippen molar-refractivity contribution in [2.75, 3.05) is 6.54 Å². The lowest BCUT2D eigenvalue weighted by Crippen LogP contribution is -2.27. The van der Waals surface area contributed by atoms with Gasteiger partial charge in [-0.05, 0) is 54.8 Å². The molecule has 0 aliphatic heterocycles. The fourth-order valence-corrected chi connectivity index (χ4v) is 3.66. The zero-order chi connectivity index (χ0) is 20.2. The molecular weight excluding hydrogens is 367 g/mol. The number of furan rings is 1. The third-order valence-electron chi connectivity index (χ3n) is 5.14. The van der Waals surface area contributed by atoms with E-state index in [2.05, 4.69) is 10.3 Å². The van der Waals surface area contributed by atoms with E-state index >= 15 is 0 Å². The number of aromatic nitrogens is 1. The number of amides is 1. The maximum absolute atomic E-state index is 13.5. The zero-order valence-corrected chi connectivity index (χ0v) is 16.2. The molecule has 2 N–H and O–H groups in total. The van der Waals surface area contributed by atoms with Crippen LogP contribution in [0.5, 0.6) is 0 Å². The Morgan fingerprint density at radius 2 is 1.97 bits per heavy atom. The highest BCUT2D eigenvalue weighted by Crippen LogP contribution is 2.29. The van der Waals surface area contributed by atoms with Gasteiger partial charge in [0.1, 0.15) is 17.3 Å². The van der Waals surface area contributed by atoms with Crippen LogP contribution in [-0.2, 0) is 11.2 Å². The van der Waals surface area contributed by atoms with Crippen molar-refractivity contribution in [3.8, 4) is 0 Å². The van der Waals surface area contributed by atoms with Gasteiger partial charge in [0.05, 0.1) is 5.92 Å². The van der Waals surface area contributed by atoms with Crippen LogP contribution in [-0.4, -0.2) is 17.4 Å². The van der Waals surface area contributed by atoms with Crippen LogP contribution >= 0.6 is 0 Å². The van der Waals surface area contributed by atoms with E-state index in [0.29, 0.717) is 19.4 Å². The number of halogens is 1. The van der Waals surface area contributed by atoms with Crippen molar-refractivity contribution >= 4 is 16.8 Å². The number of benzene rings is 2. The molecule has 4 nitrogen and oxygen atoms in total. The number of aryl methyl sites for hydroxylation is 1. The monoisotopic (exact) mass is 390 g/mol. The van der Waals surface area contributed by atoms with E-state index in [0.717, 1.165) is 33.6 Å². The maximum atomic E-state index is 13.5. The molecule has 0 saturated carbocycles. The SMILES string of the molecule is Cc1ccc(C(CC(=O)NCCc2c[nH]c3ccc(F)cc23)c2ccccc2)o1. The summed E-state index contributed by atoms with van der Waals surface area (Å²) in [4.78, 5) is 15.8. The van der Waals surface area contributed by atoms with Gasteiger partial charge in [0.2, 0.25) is 5.91 Å². The first-order chi connectivity index (χ1) is 14.1. The summed E-state index contributed by atoms with van der Waals surface area (Å²) in [7, 11) is 0. The summed E-state index contributed by atoms with van der Waals surface area (Å²) in [6.45, 7) is 2.39. The highest BCUT2D eigenvalue weighted by atomic mass is 19.1. The van der Waals surface area contributed by atoms with E-state index in [1.165, 1.54) is 12.1 Å². The lowest BCUT2D eigenvalue weighted by atomic mass is 9.93. The van der Waals surface area contributed by atoms with Crippen LogP contribution in [0.4, 0.5) is 4.39 Å². The van der Waals surface area contributed by atoms with Gasteiger partial charge in [-0.2, -0.15) is 0 Å². The maximum Gasteiger partial charge on any atom is 0.221 e. The molecule has 0 spiro atoms. The fraction of sp³-hybridized carbons (Fsp3) is 0.208. The first kappa shape index (κ1) is 19.0. The quantitative estimate of drug-likeness (QED) is 0.462. The average Bonchev–Trinajstić information content (AvgIpc) is 3.33. The Morgan fingerprint density at radius 1 is 1.14 bits per heavy atom. The molecule has 1 atom stereocenters. The van der Waals surface area contributed by atoms with Crippen LogP contribution < -0.4 is 5.32 Å². The predicted molar refractivity (Wildman–Crippen MR) is 111 cm³/mol. The van der Waals surface area contributed by atoms with Gasteiger partial charge in [0, 0.05) is 30.1 Å². The van der Waals surface area contributed by atoms with Crippen LogP contribution in [0.1, 0.15) is 35.0 Å². The Kier molecular flexibility index (Phi) is 5.47. The zero-order valence-electron chi connectivity index (χ0n) is 16.2. The molecule has 0 fully saturated rings. The van der Waals surface area contributed by atoms with Crippen molar-refractivity contribution in [3.05, 3.63) is 95.3 Å². The third-order valence-corrected chi connectivity index (χ3v) is 5.14. The fourth-order valence-electron chi connectivity index (χ4n) is 3.66. The van der Waals surface area contributed by atoms with Gasteiger partial charge < -0.3 is 14.7 Å². The van der Waals surface area contributed by atoms with Crippen molar-refractivity contribution in [3.63, 3.8) is 0 Å². The van der Waals surface area contributed by atoms with Crippen molar-refractivity contribution in [1.29, 1.82) is 0 Å². The summed E-state index contributed by atoms with van der Waals surface area (Å²) < 4.78 is 19.3. The second-order valence-electron chi connectivity index (χ2n) is 7.22. The summed E-state index contributed by atoms with van der Waals surface area (Å²) >= 11 is 0. The molecule has 0 radical (unpaired) electrons. The van der Waals surface area contributed by atoms with E-state index in [-0.39, 0.29) is 17.6 Å². The molecule has 2 heterocycles. The predicted octanol–water partition coefficient (Wildman–Crippen LogP) is 5.09. The lowest BCUT2D eigenvalue weighted by molar-refractivity contribution is -0.121. The molecule has 5 heteroatoms. The van der Waals surface area contributed by atoms with Gasteiger partial charge in [0.15, 0.2) is 0 Å².